The van der Waals surface area contributed by atoms with Gasteiger partial charge in [-0.3, -0.25) is 9.36 Å². The van der Waals surface area contributed by atoms with E-state index in [9.17, 15) is 9.36 Å². The van der Waals surface area contributed by atoms with Crippen molar-refractivity contribution >= 4 is 23.9 Å². The van der Waals surface area contributed by atoms with Crippen LogP contribution in [0.2, 0.25) is 0 Å². The number of rotatable bonds is 4. The second kappa shape index (κ2) is 6.13. The van der Waals surface area contributed by atoms with Gasteiger partial charge in [-0.2, -0.15) is 0 Å². The minimum atomic E-state index is -3.78. The summed E-state index contributed by atoms with van der Waals surface area (Å²) in [5, 5.41) is 0.240. The fourth-order valence-electron chi connectivity index (χ4n) is 2.42. The van der Waals surface area contributed by atoms with E-state index in [0.29, 0.717) is 16.5 Å². The summed E-state index contributed by atoms with van der Waals surface area (Å²) >= 11 is 0. The van der Waals surface area contributed by atoms with Crippen LogP contribution in [0.15, 0.2) is 63.8 Å². The van der Waals surface area contributed by atoms with Crippen molar-refractivity contribution in [3.8, 4) is 11.3 Å². The van der Waals surface area contributed by atoms with Crippen LogP contribution in [0.25, 0.3) is 22.3 Å². The predicted molar refractivity (Wildman–Crippen MR) is 89.2 cm³/mol. The van der Waals surface area contributed by atoms with Gasteiger partial charge in [0.15, 0.2) is 11.1 Å². The maximum absolute atomic E-state index is 12.9. The van der Waals surface area contributed by atoms with E-state index in [1.54, 1.807) is 48.5 Å². The fraction of sp³-hybridized carbons (Fsp3) is 0.118. The van der Waals surface area contributed by atoms with Crippen molar-refractivity contribution < 1.29 is 18.0 Å². The van der Waals surface area contributed by atoms with Gasteiger partial charge < -0.3 is 13.5 Å². The summed E-state index contributed by atoms with van der Waals surface area (Å²) in [6.45, 7) is 0. The van der Waals surface area contributed by atoms with Crippen LogP contribution in [-0.2, 0) is 13.6 Å². The van der Waals surface area contributed by atoms with Crippen LogP contribution in [0.4, 0.5) is 0 Å². The van der Waals surface area contributed by atoms with E-state index < -0.39 is 13.0 Å². The third-order valence-corrected chi connectivity index (χ3v) is 5.48. The summed E-state index contributed by atoms with van der Waals surface area (Å²) in [6, 6.07) is 15.8. The Kier molecular flexibility index (Phi) is 4.18. The van der Waals surface area contributed by atoms with E-state index in [-0.39, 0.29) is 11.1 Å². The minimum Gasteiger partial charge on any atom is -0.455 e. The third-order valence-electron chi connectivity index (χ3n) is 3.56. The van der Waals surface area contributed by atoms with Crippen molar-refractivity contribution in [1.82, 2.24) is 0 Å². The quantitative estimate of drug-likeness (QED) is 0.684. The Labute approximate surface area is 133 Å². The molecule has 0 aliphatic rings. The summed E-state index contributed by atoms with van der Waals surface area (Å²) in [6.07, 6.45) is 0. The van der Waals surface area contributed by atoms with Gasteiger partial charge >= 0.3 is 7.60 Å². The number of benzene rings is 2. The number of para-hydroxylation sites is 1. The monoisotopic (exact) mass is 330 g/mol. The summed E-state index contributed by atoms with van der Waals surface area (Å²) in [7, 11) is -1.30. The fourth-order valence-corrected chi connectivity index (χ4v) is 3.73. The summed E-state index contributed by atoms with van der Waals surface area (Å²) < 4.78 is 28.9. The lowest BCUT2D eigenvalue weighted by Crippen LogP contribution is -2.28. The van der Waals surface area contributed by atoms with Crippen molar-refractivity contribution in [1.29, 1.82) is 0 Å². The number of hydrogen-bond acceptors (Lipinski definition) is 5. The zero-order chi connectivity index (χ0) is 16.4. The molecular weight excluding hydrogens is 315 g/mol. The van der Waals surface area contributed by atoms with Crippen molar-refractivity contribution in [2.75, 3.05) is 14.2 Å². The Hall–Kier alpha value is -2.20. The van der Waals surface area contributed by atoms with Crippen LogP contribution in [0.1, 0.15) is 0 Å². The molecule has 0 radical (unpaired) electrons. The lowest BCUT2D eigenvalue weighted by Gasteiger charge is -2.16. The van der Waals surface area contributed by atoms with Crippen molar-refractivity contribution in [3.05, 3.63) is 64.8 Å². The molecule has 0 N–H and O–H groups in total. The Bertz CT molecular complexity index is 938. The van der Waals surface area contributed by atoms with Crippen LogP contribution >= 0.6 is 7.60 Å². The summed E-state index contributed by atoms with van der Waals surface area (Å²) in [5.41, 5.74) is 0.622. The third kappa shape index (κ3) is 2.63. The molecule has 2 aromatic carbocycles. The van der Waals surface area contributed by atoms with E-state index in [2.05, 4.69) is 0 Å². The van der Waals surface area contributed by atoms with Crippen molar-refractivity contribution in [2.24, 2.45) is 0 Å². The van der Waals surface area contributed by atoms with Gasteiger partial charge in [0.25, 0.3) is 0 Å². The SMILES string of the molecule is COP(=O)(OC)c1c(-c2ccccc2)oc2ccccc2c1=O. The molecule has 0 fully saturated rings. The van der Waals surface area contributed by atoms with Crippen molar-refractivity contribution in [3.63, 3.8) is 0 Å². The first kappa shape index (κ1) is 15.7. The largest absolute Gasteiger partial charge is 0.455 e. The van der Waals surface area contributed by atoms with Crippen LogP contribution in [0.5, 0.6) is 0 Å². The van der Waals surface area contributed by atoms with Gasteiger partial charge in [-0.15, -0.1) is 0 Å². The van der Waals surface area contributed by atoms with Gasteiger partial charge in [-0.1, -0.05) is 42.5 Å². The molecular formula is C17H15O5P. The molecule has 0 atom stereocenters. The van der Waals surface area contributed by atoms with Crippen LogP contribution in [0, 0.1) is 0 Å². The Morgan fingerprint density at radius 3 is 2.17 bits per heavy atom. The molecule has 1 heterocycles. The smallest absolute Gasteiger partial charge is 0.368 e. The van der Waals surface area contributed by atoms with Gasteiger partial charge in [-0.05, 0) is 12.1 Å². The molecule has 1 aromatic heterocycles. The highest BCUT2D eigenvalue weighted by Gasteiger charge is 2.34. The summed E-state index contributed by atoms with van der Waals surface area (Å²) in [5.74, 6) is 0.196. The maximum atomic E-state index is 12.9. The minimum absolute atomic E-state index is 0.0904. The molecule has 0 saturated heterocycles. The average Bonchev–Trinajstić information content (AvgIpc) is 2.62. The second-order valence-corrected chi connectivity index (χ2v) is 7.01. The molecule has 5 nitrogen and oxygen atoms in total. The molecule has 6 heteroatoms. The molecule has 0 amide bonds. The highest BCUT2D eigenvalue weighted by atomic mass is 31.2. The second-order valence-electron chi connectivity index (χ2n) is 4.83. The standard InChI is InChI=1S/C17H15O5P/c1-20-23(19,21-2)17-15(18)13-10-6-7-11-14(13)22-16(17)12-8-4-3-5-9-12/h3-11H,1-2H3. The van der Waals surface area contributed by atoms with E-state index >= 15 is 0 Å². The van der Waals surface area contributed by atoms with Gasteiger partial charge in [0, 0.05) is 19.8 Å². The highest BCUT2D eigenvalue weighted by Crippen LogP contribution is 2.47. The Morgan fingerprint density at radius 2 is 1.52 bits per heavy atom. The molecule has 0 unspecified atom stereocenters. The van der Waals surface area contributed by atoms with E-state index in [0.717, 1.165) is 0 Å². The van der Waals surface area contributed by atoms with Gasteiger partial charge in [-0.25, -0.2) is 0 Å². The van der Waals surface area contributed by atoms with Crippen LogP contribution in [0.3, 0.4) is 0 Å². The molecule has 0 aliphatic carbocycles. The molecule has 0 aliphatic heterocycles. The molecule has 0 bridgehead atoms. The zero-order valence-corrected chi connectivity index (χ0v) is 13.6. The van der Waals surface area contributed by atoms with Crippen LogP contribution in [-0.4, -0.2) is 14.2 Å². The predicted octanol–water partition coefficient (Wildman–Crippen LogP) is 3.57. The average molecular weight is 330 g/mol. The Morgan fingerprint density at radius 1 is 0.913 bits per heavy atom. The van der Waals surface area contributed by atoms with E-state index in [4.69, 9.17) is 13.5 Å². The van der Waals surface area contributed by atoms with Crippen molar-refractivity contribution in [2.45, 2.75) is 0 Å². The van der Waals surface area contributed by atoms with E-state index in [1.165, 1.54) is 14.2 Å². The molecule has 118 valence electrons. The lowest BCUT2D eigenvalue weighted by molar-refractivity contribution is 0.287. The molecule has 0 spiro atoms. The molecule has 0 saturated carbocycles. The highest BCUT2D eigenvalue weighted by molar-refractivity contribution is 7.62. The first-order valence-corrected chi connectivity index (χ1v) is 8.48. The summed E-state index contributed by atoms with van der Waals surface area (Å²) in [4.78, 5) is 12.9. The van der Waals surface area contributed by atoms with Gasteiger partial charge in [0.1, 0.15) is 5.58 Å². The molecule has 3 rings (SSSR count). The normalized spacial score (nSPS) is 11.7. The maximum Gasteiger partial charge on any atom is 0.368 e. The first-order valence-electron chi connectivity index (χ1n) is 6.94. The van der Waals surface area contributed by atoms with Crippen LogP contribution < -0.4 is 10.7 Å². The topological polar surface area (TPSA) is 65.7 Å². The zero-order valence-electron chi connectivity index (χ0n) is 12.7. The number of hydrogen-bond donors (Lipinski definition) is 0. The molecule has 23 heavy (non-hydrogen) atoms. The Balaban J connectivity index is 2.47. The van der Waals surface area contributed by atoms with Gasteiger partial charge in [0.05, 0.1) is 5.39 Å². The van der Waals surface area contributed by atoms with E-state index in [1.807, 2.05) is 6.07 Å². The molecule has 3 aromatic rings. The lowest BCUT2D eigenvalue weighted by atomic mass is 10.1. The van der Waals surface area contributed by atoms with Gasteiger partial charge in [0.2, 0.25) is 5.43 Å². The number of fused-ring (bicyclic) bond motifs is 1. The first-order chi connectivity index (χ1) is 11.1.